The number of nitrogens with one attached hydrogen (secondary N) is 1. The Morgan fingerprint density at radius 2 is 2.09 bits per heavy atom. The van der Waals surface area contributed by atoms with Crippen LogP contribution in [0.25, 0.3) is 11.5 Å². The molecule has 0 spiro atoms. The molecule has 0 radical (unpaired) electrons. The van der Waals surface area contributed by atoms with Crippen molar-refractivity contribution in [3.63, 3.8) is 0 Å². The lowest BCUT2D eigenvalue weighted by Crippen LogP contribution is -2.13. The minimum absolute atomic E-state index is 0.276. The molecule has 0 aliphatic carbocycles. The van der Waals surface area contributed by atoms with E-state index in [-0.39, 0.29) is 17.4 Å². The predicted octanol–water partition coefficient (Wildman–Crippen LogP) is 3.55. The largest absolute Gasteiger partial charge is 0.463 e. The number of anilines is 1. The van der Waals surface area contributed by atoms with Crippen molar-refractivity contribution in [2.45, 2.75) is 13.5 Å². The van der Waals surface area contributed by atoms with Gasteiger partial charge >= 0.3 is 0 Å². The third-order valence-electron chi connectivity index (χ3n) is 3.19. The number of rotatable bonds is 4. The predicted molar refractivity (Wildman–Crippen MR) is 80.0 cm³/mol. The second kappa shape index (κ2) is 5.85. The van der Waals surface area contributed by atoms with Crippen molar-refractivity contribution >= 4 is 11.6 Å². The fraction of sp³-hybridized carbons (Fsp3) is 0.125. The highest BCUT2D eigenvalue weighted by Crippen LogP contribution is 2.21. The molecular weight excluding hydrogens is 285 g/mol. The number of halogens is 1. The molecule has 5 nitrogen and oxygen atoms in total. The molecule has 2 aromatic heterocycles. The van der Waals surface area contributed by atoms with Gasteiger partial charge in [0.25, 0.3) is 5.91 Å². The molecule has 0 atom stereocenters. The van der Waals surface area contributed by atoms with Crippen molar-refractivity contribution in [2.75, 3.05) is 5.32 Å². The summed E-state index contributed by atoms with van der Waals surface area (Å²) in [5.41, 5.74) is 1.52. The Kier molecular flexibility index (Phi) is 3.74. The molecule has 0 bridgehead atoms. The molecule has 6 heteroatoms. The van der Waals surface area contributed by atoms with Gasteiger partial charge in [0, 0.05) is 18.3 Å². The number of furan rings is 1. The Balaban J connectivity index is 1.85. The van der Waals surface area contributed by atoms with Crippen LogP contribution >= 0.6 is 0 Å². The second-order valence-electron chi connectivity index (χ2n) is 4.67. The molecule has 112 valence electrons. The molecule has 0 aliphatic rings. The number of amides is 1. The smallest absolute Gasteiger partial charge is 0.276 e. The van der Waals surface area contributed by atoms with Gasteiger partial charge in [0.2, 0.25) is 0 Å². The number of nitrogens with zero attached hydrogens (tertiary/aromatic N) is 2. The van der Waals surface area contributed by atoms with Crippen molar-refractivity contribution in [1.29, 1.82) is 0 Å². The Bertz CT molecular complexity index is 776. The molecule has 2 heterocycles. The zero-order valence-corrected chi connectivity index (χ0v) is 11.9. The maximum atomic E-state index is 12.9. The zero-order valence-electron chi connectivity index (χ0n) is 11.9. The number of benzene rings is 1. The van der Waals surface area contributed by atoms with Gasteiger partial charge in [0.15, 0.2) is 11.5 Å². The first-order valence-corrected chi connectivity index (χ1v) is 6.86. The minimum Gasteiger partial charge on any atom is -0.463 e. The standard InChI is InChI=1S/C16H14FN3O2/c1-2-20-14(15-4-3-9-22-15)10-13(19-20)16(21)18-12-7-5-11(17)6-8-12/h3-10H,2H2,1H3,(H,18,21). The van der Waals surface area contributed by atoms with Crippen LogP contribution in [0.4, 0.5) is 10.1 Å². The molecule has 0 unspecified atom stereocenters. The Hall–Kier alpha value is -2.89. The first kappa shape index (κ1) is 14.1. The number of hydrogen-bond acceptors (Lipinski definition) is 3. The normalized spacial score (nSPS) is 10.6. The molecule has 0 fully saturated rings. The van der Waals surface area contributed by atoms with Crippen molar-refractivity contribution in [3.05, 3.63) is 60.2 Å². The van der Waals surface area contributed by atoms with E-state index in [2.05, 4.69) is 10.4 Å². The monoisotopic (exact) mass is 299 g/mol. The molecule has 3 aromatic rings. The molecule has 0 aliphatic heterocycles. The number of carbonyl (C=O) groups excluding carboxylic acids is 1. The quantitative estimate of drug-likeness (QED) is 0.801. The zero-order chi connectivity index (χ0) is 15.5. The maximum absolute atomic E-state index is 12.9. The lowest BCUT2D eigenvalue weighted by Gasteiger charge is -2.02. The Morgan fingerprint density at radius 3 is 2.73 bits per heavy atom. The van der Waals surface area contributed by atoms with E-state index in [1.165, 1.54) is 24.3 Å². The van der Waals surface area contributed by atoms with Crippen molar-refractivity contribution < 1.29 is 13.6 Å². The van der Waals surface area contributed by atoms with Crippen LogP contribution in [0.5, 0.6) is 0 Å². The summed E-state index contributed by atoms with van der Waals surface area (Å²) < 4.78 is 19.9. The van der Waals surface area contributed by atoms with Crippen LogP contribution in [0.1, 0.15) is 17.4 Å². The van der Waals surface area contributed by atoms with Gasteiger partial charge in [-0.1, -0.05) is 0 Å². The molecule has 0 saturated heterocycles. The van der Waals surface area contributed by atoms with Crippen LogP contribution in [0.15, 0.2) is 53.1 Å². The Morgan fingerprint density at radius 1 is 1.32 bits per heavy atom. The summed E-state index contributed by atoms with van der Waals surface area (Å²) >= 11 is 0. The maximum Gasteiger partial charge on any atom is 0.276 e. The first-order valence-electron chi connectivity index (χ1n) is 6.86. The molecule has 1 amide bonds. The van der Waals surface area contributed by atoms with E-state index in [4.69, 9.17) is 4.42 Å². The summed E-state index contributed by atoms with van der Waals surface area (Å²) in [6.45, 7) is 2.54. The highest BCUT2D eigenvalue weighted by atomic mass is 19.1. The second-order valence-corrected chi connectivity index (χ2v) is 4.67. The van der Waals surface area contributed by atoms with Crippen molar-refractivity contribution in [2.24, 2.45) is 0 Å². The summed E-state index contributed by atoms with van der Waals surface area (Å²) in [7, 11) is 0. The number of hydrogen-bond donors (Lipinski definition) is 1. The van der Waals surface area contributed by atoms with E-state index in [0.717, 1.165) is 5.69 Å². The molecule has 1 N–H and O–H groups in total. The highest BCUT2D eigenvalue weighted by molar-refractivity contribution is 6.03. The molecule has 22 heavy (non-hydrogen) atoms. The van der Waals surface area contributed by atoms with Crippen LogP contribution in [-0.4, -0.2) is 15.7 Å². The summed E-state index contributed by atoms with van der Waals surface area (Å²) in [4.78, 5) is 12.2. The van der Waals surface area contributed by atoms with Gasteiger partial charge in [0.05, 0.1) is 6.26 Å². The Labute approximate surface area is 126 Å². The van der Waals surface area contributed by atoms with Gasteiger partial charge < -0.3 is 9.73 Å². The van der Waals surface area contributed by atoms with Gasteiger partial charge in [-0.3, -0.25) is 9.48 Å². The minimum atomic E-state index is -0.355. The fourth-order valence-electron chi connectivity index (χ4n) is 2.12. The molecule has 1 aromatic carbocycles. The third-order valence-corrected chi connectivity index (χ3v) is 3.19. The van der Waals surface area contributed by atoms with E-state index in [1.54, 1.807) is 23.1 Å². The highest BCUT2D eigenvalue weighted by Gasteiger charge is 2.16. The fourth-order valence-corrected chi connectivity index (χ4v) is 2.12. The molecule has 3 rings (SSSR count). The van der Waals surface area contributed by atoms with Gasteiger partial charge in [-0.25, -0.2) is 4.39 Å². The van der Waals surface area contributed by atoms with Crippen LogP contribution < -0.4 is 5.32 Å². The van der Waals surface area contributed by atoms with Crippen LogP contribution in [-0.2, 0) is 6.54 Å². The van der Waals surface area contributed by atoms with E-state index in [1.807, 2.05) is 13.0 Å². The summed E-state index contributed by atoms with van der Waals surface area (Å²) in [5.74, 6) is -0.0600. The topological polar surface area (TPSA) is 60.1 Å². The van der Waals surface area contributed by atoms with E-state index in [9.17, 15) is 9.18 Å². The summed E-state index contributed by atoms with van der Waals surface area (Å²) in [6, 6.07) is 10.8. The first-order chi connectivity index (χ1) is 10.7. The van der Waals surface area contributed by atoms with Crippen LogP contribution in [0.3, 0.4) is 0 Å². The molecular formula is C16H14FN3O2. The van der Waals surface area contributed by atoms with Gasteiger partial charge in [0.1, 0.15) is 11.5 Å². The van der Waals surface area contributed by atoms with Gasteiger partial charge in [-0.15, -0.1) is 0 Å². The molecule has 0 saturated carbocycles. The number of aromatic nitrogens is 2. The van der Waals surface area contributed by atoms with E-state index < -0.39 is 0 Å². The SMILES string of the molecule is CCn1nc(C(=O)Nc2ccc(F)cc2)cc1-c1ccco1. The number of aryl methyl sites for hydroxylation is 1. The van der Waals surface area contributed by atoms with Gasteiger partial charge in [-0.05, 0) is 43.3 Å². The summed E-state index contributed by atoms with van der Waals surface area (Å²) in [5, 5.41) is 6.95. The van der Waals surface area contributed by atoms with Crippen molar-refractivity contribution in [1.82, 2.24) is 9.78 Å². The average molecular weight is 299 g/mol. The van der Waals surface area contributed by atoms with E-state index in [0.29, 0.717) is 18.0 Å². The van der Waals surface area contributed by atoms with E-state index >= 15 is 0 Å². The average Bonchev–Trinajstić information content (AvgIpc) is 3.17. The van der Waals surface area contributed by atoms with Crippen LogP contribution in [0, 0.1) is 5.82 Å². The lowest BCUT2D eigenvalue weighted by atomic mass is 10.2. The third kappa shape index (κ3) is 2.76. The summed E-state index contributed by atoms with van der Waals surface area (Å²) in [6.07, 6.45) is 1.57. The number of carbonyl (C=O) groups is 1. The van der Waals surface area contributed by atoms with Crippen LogP contribution in [0.2, 0.25) is 0 Å². The van der Waals surface area contributed by atoms with Crippen molar-refractivity contribution in [3.8, 4) is 11.5 Å². The van der Waals surface area contributed by atoms with Gasteiger partial charge in [-0.2, -0.15) is 5.10 Å². The lowest BCUT2D eigenvalue weighted by molar-refractivity contribution is 0.102.